The summed E-state index contributed by atoms with van der Waals surface area (Å²) >= 11 is 1.30. The van der Waals surface area contributed by atoms with E-state index in [1.54, 1.807) is 11.6 Å². The van der Waals surface area contributed by atoms with E-state index in [1.807, 2.05) is 19.1 Å². The van der Waals surface area contributed by atoms with Gasteiger partial charge in [-0.15, -0.1) is 0 Å². The highest BCUT2D eigenvalue weighted by atomic mass is 32.1. The third kappa shape index (κ3) is 2.49. The van der Waals surface area contributed by atoms with E-state index in [0.29, 0.717) is 18.5 Å². The number of rotatable bonds is 4. The fourth-order valence-corrected chi connectivity index (χ4v) is 2.05. The second-order valence-electron chi connectivity index (χ2n) is 3.40. The quantitative estimate of drug-likeness (QED) is 0.883. The van der Waals surface area contributed by atoms with Crippen molar-refractivity contribution in [1.29, 1.82) is 0 Å². The summed E-state index contributed by atoms with van der Waals surface area (Å²) in [7, 11) is 0. The molecule has 0 aliphatic carbocycles. The predicted molar refractivity (Wildman–Crippen MR) is 61.6 cm³/mol. The van der Waals surface area contributed by atoms with Crippen LogP contribution in [0.2, 0.25) is 0 Å². The Bertz CT molecular complexity index is 462. The van der Waals surface area contributed by atoms with Gasteiger partial charge >= 0.3 is 0 Å². The van der Waals surface area contributed by atoms with Gasteiger partial charge in [-0.05, 0) is 30.6 Å². The number of nitrogens with zero attached hydrogens (tertiary/aromatic N) is 1. The number of carbonyl (C=O) groups excluding carboxylic acids is 1. The first kappa shape index (κ1) is 10.9. The first-order chi connectivity index (χ1) is 7.77. The minimum Gasteiger partial charge on any atom is -0.469 e. The normalized spacial score (nSPS) is 10.3. The zero-order valence-electron chi connectivity index (χ0n) is 8.90. The third-order valence-corrected chi connectivity index (χ3v) is 2.95. The van der Waals surface area contributed by atoms with Crippen LogP contribution in [0.5, 0.6) is 0 Å². The Morgan fingerprint density at radius 1 is 1.62 bits per heavy atom. The summed E-state index contributed by atoms with van der Waals surface area (Å²) in [6.45, 7) is 2.40. The Hall–Kier alpha value is -1.62. The van der Waals surface area contributed by atoms with Crippen LogP contribution in [0.25, 0.3) is 0 Å². The van der Waals surface area contributed by atoms with E-state index in [-0.39, 0.29) is 5.91 Å². The minimum absolute atomic E-state index is 0.0715. The van der Waals surface area contributed by atoms with Gasteiger partial charge < -0.3 is 9.73 Å². The molecule has 4 nitrogen and oxygen atoms in total. The summed E-state index contributed by atoms with van der Waals surface area (Å²) in [6, 6.07) is 3.73. The van der Waals surface area contributed by atoms with Crippen LogP contribution in [0, 0.1) is 6.92 Å². The summed E-state index contributed by atoms with van der Waals surface area (Å²) in [5.41, 5.74) is 1.44. The van der Waals surface area contributed by atoms with Crippen LogP contribution in [-0.2, 0) is 6.42 Å². The van der Waals surface area contributed by atoms with Crippen molar-refractivity contribution in [3.63, 3.8) is 0 Å². The molecule has 2 aromatic heterocycles. The smallest absolute Gasteiger partial charge is 0.254 e. The monoisotopic (exact) mass is 236 g/mol. The summed E-state index contributed by atoms with van der Waals surface area (Å²) in [5.74, 6) is 0.804. The first-order valence-corrected chi connectivity index (χ1v) is 5.82. The van der Waals surface area contributed by atoms with Gasteiger partial charge in [0.1, 0.15) is 5.76 Å². The summed E-state index contributed by atoms with van der Waals surface area (Å²) in [4.78, 5) is 11.7. The Balaban J connectivity index is 1.83. The van der Waals surface area contributed by atoms with Crippen molar-refractivity contribution >= 4 is 17.4 Å². The Morgan fingerprint density at radius 3 is 3.12 bits per heavy atom. The lowest BCUT2D eigenvalue weighted by Gasteiger charge is -2.02. The molecule has 84 valence electrons. The van der Waals surface area contributed by atoms with E-state index in [1.165, 1.54) is 11.5 Å². The van der Waals surface area contributed by atoms with Crippen LogP contribution in [0.1, 0.15) is 21.8 Å². The van der Waals surface area contributed by atoms with Crippen LogP contribution in [-0.4, -0.2) is 16.8 Å². The van der Waals surface area contributed by atoms with Crippen molar-refractivity contribution < 1.29 is 9.21 Å². The van der Waals surface area contributed by atoms with Gasteiger partial charge in [0, 0.05) is 18.3 Å². The van der Waals surface area contributed by atoms with Gasteiger partial charge in [0.05, 0.1) is 17.5 Å². The van der Waals surface area contributed by atoms with Crippen LogP contribution >= 0.6 is 11.5 Å². The van der Waals surface area contributed by atoms with E-state index >= 15 is 0 Å². The molecule has 2 rings (SSSR count). The number of aryl methyl sites for hydroxylation is 1. The number of hydrogen-bond donors (Lipinski definition) is 1. The highest BCUT2D eigenvalue weighted by Gasteiger charge is 2.10. The predicted octanol–water partition coefficient (Wildman–Crippen LogP) is 2.02. The maximum atomic E-state index is 11.7. The third-order valence-electron chi connectivity index (χ3n) is 2.23. The molecule has 0 spiro atoms. The Labute approximate surface area is 97.5 Å². The van der Waals surface area contributed by atoms with Gasteiger partial charge in [-0.25, -0.2) is 0 Å². The van der Waals surface area contributed by atoms with Gasteiger partial charge in [0.15, 0.2) is 0 Å². The molecule has 0 aromatic carbocycles. The molecule has 0 aliphatic heterocycles. The van der Waals surface area contributed by atoms with Crippen LogP contribution in [0.15, 0.2) is 28.2 Å². The minimum atomic E-state index is -0.0715. The molecule has 0 saturated heterocycles. The number of furan rings is 1. The highest BCUT2D eigenvalue weighted by Crippen LogP contribution is 2.08. The maximum Gasteiger partial charge on any atom is 0.254 e. The summed E-state index contributed by atoms with van der Waals surface area (Å²) < 4.78 is 9.23. The van der Waals surface area contributed by atoms with Crippen molar-refractivity contribution in [3.05, 3.63) is 40.8 Å². The summed E-state index contributed by atoms with van der Waals surface area (Å²) in [6.07, 6.45) is 2.33. The largest absolute Gasteiger partial charge is 0.469 e. The van der Waals surface area contributed by atoms with Gasteiger partial charge in [-0.2, -0.15) is 4.37 Å². The molecule has 0 radical (unpaired) electrons. The SMILES string of the molecule is Cc1nscc1C(=O)NCCc1ccco1. The second-order valence-corrected chi connectivity index (χ2v) is 4.03. The molecule has 0 unspecified atom stereocenters. The van der Waals surface area contributed by atoms with Crippen LogP contribution in [0.3, 0.4) is 0 Å². The molecule has 1 amide bonds. The van der Waals surface area contributed by atoms with Crippen molar-refractivity contribution in [2.75, 3.05) is 6.54 Å². The number of carbonyl (C=O) groups is 1. The Morgan fingerprint density at radius 2 is 2.50 bits per heavy atom. The summed E-state index contributed by atoms with van der Waals surface area (Å²) in [5, 5.41) is 4.59. The lowest BCUT2D eigenvalue weighted by Crippen LogP contribution is -2.25. The topological polar surface area (TPSA) is 55.1 Å². The van der Waals surface area contributed by atoms with E-state index in [9.17, 15) is 4.79 Å². The zero-order chi connectivity index (χ0) is 11.4. The average Bonchev–Trinajstić information content (AvgIpc) is 2.88. The molecule has 0 atom stereocenters. The van der Waals surface area contributed by atoms with E-state index in [2.05, 4.69) is 9.69 Å². The number of nitrogens with one attached hydrogen (secondary N) is 1. The molecule has 16 heavy (non-hydrogen) atoms. The first-order valence-electron chi connectivity index (χ1n) is 4.99. The highest BCUT2D eigenvalue weighted by molar-refractivity contribution is 7.03. The van der Waals surface area contributed by atoms with Crippen molar-refractivity contribution in [2.45, 2.75) is 13.3 Å². The fourth-order valence-electron chi connectivity index (χ4n) is 1.36. The molecule has 5 heteroatoms. The van der Waals surface area contributed by atoms with E-state index in [4.69, 9.17) is 4.42 Å². The van der Waals surface area contributed by atoms with Gasteiger partial charge in [0.2, 0.25) is 0 Å². The van der Waals surface area contributed by atoms with E-state index in [0.717, 1.165) is 11.5 Å². The van der Waals surface area contributed by atoms with Crippen molar-refractivity contribution in [3.8, 4) is 0 Å². The van der Waals surface area contributed by atoms with E-state index < -0.39 is 0 Å². The molecular formula is C11H12N2O2S. The fraction of sp³-hybridized carbons (Fsp3) is 0.273. The van der Waals surface area contributed by atoms with Gasteiger partial charge in [-0.3, -0.25) is 4.79 Å². The standard InChI is InChI=1S/C11H12N2O2S/c1-8-10(7-16-13-8)11(14)12-5-4-9-3-2-6-15-9/h2-3,6-7H,4-5H2,1H3,(H,12,14). The van der Waals surface area contributed by atoms with Crippen LogP contribution in [0.4, 0.5) is 0 Å². The number of hydrogen-bond acceptors (Lipinski definition) is 4. The average molecular weight is 236 g/mol. The lowest BCUT2D eigenvalue weighted by atomic mass is 10.2. The molecule has 0 aliphatic rings. The maximum absolute atomic E-state index is 11.7. The number of aromatic nitrogens is 1. The zero-order valence-corrected chi connectivity index (χ0v) is 9.71. The van der Waals surface area contributed by atoms with Gasteiger partial charge in [0.25, 0.3) is 5.91 Å². The van der Waals surface area contributed by atoms with Gasteiger partial charge in [-0.1, -0.05) is 0 Å². The molecular weight excluding hydrogens is 224 g/mol. The second kappa shape index (κ2) is 4.94. The lowest BCUT2D eigenvalue weighted by molar-refractivity contribution is 0.0953. The molecule has 0 fully saturated rings. The molecule has 0 bridgehead atoms. The van der Waals surface area contributed by atoms with Crippen molar-refractivity contribution in [2.24, 2.45) is 0 Å². The van der Waals surface area contributed by atoms with Crippen molar-refractivity contribution in [1.82, 2.24) is 9.69 Å². The number of amides is 1. The molecule has 2 aromatic rings. The molecule has 2 heterocycles. The van der Waals surface area contributed by atoms with Crippen LogP contribution < -0.4 is 5.32 Å². The Kier molecular flexibility index (Phi) is 3.36. The molecule has 0 saturated carbocycles. The molecule has 1 N–H and O–H groups in total.